The molecular formula is C13H13FN2OS. The summed E-state index contributed by atoms with van der Waals surface area (Å²) in [6.07, 6.45) is 0.248. The molecule has 1 amide bonds. The van der Waals surface area contributed by atoms with Gasteiger partial charge in [0.2, 0.25) is 5.91 Å². The number of rotatable bonds is 3. The first kappa shape index (κ1) is 12.7. The lowest BCUT2D eigenvalue weighted by Crippen LogP contribution is -2.23. The van der Waals surface area contributed by atoms with Crippen molar-refractivity contribution < 1.29 is 9.18 Å². The van der Waals surface area contributed by atoms with Crippen molar-refractivity contribution in [3.05, 3.63) is 41.2 Å². The molecule has 5 heteroatoms. The number of thiazole rings is 1. The molecule has 0 aliphatic carbocycles. The maximum atomic E-state index is 13.6. The van der Waals surface area contributed by atoms with E-state index in [9.17, 15) is 9.18 Å². The summed E-state index contributed by atoms with van der Waals surface area (Å²) in [5.74, 6) is -0.308. The van der Waals surface area contributed by atoms with Crippen molar-refractivity contribution in [3.8, 4) is 10.6 Å². The standard InChI is InChI=1S/C13H13FN2OS/c1-16(2)12(17)7-9-8-18-13(15-9)10-5-3-4-6-11(10)14/h3-6,8H,7H2,1-2H3. The molecule has 0 bridgehead atoms. The summed E-state index contributed by atoms with van der Waals surface area (Å²) in [6.45, 7) is 0. The van der Waals surface area contributed by atoms with E-state index in [1.54, 1.807) is 37.7 Å². The number of amides is 1. The SMILES string of the molecule is CN(C)C(=O)Cc1csc(-c2ccccc2F)n1. The molecule has 0 aliphatic rings. The van der Waals surface area contributed by atoms with E-state index in [1.807, 2.05) is 0 Å². The number of carbonyl (C=O) groups excluding carboxylic acids is 1. The van der Waals surface area contributed by atoms with Crippen LogP contribution in [0.5, 0.6) is 0 Å². The van der Waals surface area contributed by atoms with Gasteiger partial charge in [0.05, 0.1) is 12.1 Å². The molecule has 0 fully saturated rings. The molecule has 3 nitrogen and oxygen atoms in total. The Hall–Kier alpha value is -1.75. The Bertz CT molecular complexity index is 566. The van der Waals surface area contributed by atoms with Crippen molar-refractivity contribution in [2.45, 2.75) is 6.42 Å². The molecule has 18 heavy (non-hydrogen) atoms. The van der Waals surface area contributed by atoms with Gasteiger partial charge in [-0.2, -0.15) is 0 Å². The Labute approximate surface area is 109 Å². The van der Waals surface area contributed by atoms with Crippen LogP contribution in [0.1, 0.15) is 5.69 Å². The fourth-order valence-corrected chi connectivity index (χ4v) is 2.31. The summed E-state index contributed by atoms with van der Waals surface area (Å²) in [4.78, 5) is 17.4. The van der Waals surface area contributed by atoms with Crippen LogP contribution < -0.4 is 0 Å². The van der Waals surface area contributed by atoms with Gasteiger partial charge in [0.25, 0.3) is 0 Å². The van der Waals surface area contributed by atoms with Crippen molar-refractivity contribution in [1.82, 2.24) is 9.88 Å². The molecule has 1 aromatic carbocycles. The predicted molar refractivity (Wildman–Crippen MR) is 69.9 cm³/mol. The van der Waals surface area contributed by atoms with Gasteiger partial charge < -0.3 is 4.90 Å². The van der Waals surface area contributed by atoms with Gasteiger partial charge in [-0.3, -0.25) is 4.79 Å². The molecule has 2 aromatic rings. The van der Waals surface area contributed by atoms with Crippen LogP contribution in [0, 0.1) is 5.82 Å². The van der Waals surface area contributed by atoms with E-state index in [4.69, 9.17) is 0 Å². The van der Waals surface area contributed by atoms with E-state index >= 15 is 0 Å². The van der Waals surface area contributed by atoms with E-state index < -0.39 is 0 Å². The van der Waals surface area contributed by atoms with E-state index in [0.29, 0.717) is 16.3 Å². The fraction of sp³-hybridized carbons (Fsp3) is 0.231. The maximum Gasteiger partial charge on any atom is 0.228 e. The quantitative estimate of drug-likeness (QED) is 0.853. The summed E-state index contributed by atoms with van der Waals surface area (Å²) in [6, 6.07) is 6.50. The first-order valence-electron chi connectivity index (χ1n) is 5.47. The second-order valence-corrected chi connectivity index (χ2v) is 4.95. The number of carbonyl (C=O) groups is 1. The molecule has 0 unspecified atom stereocenters. The predicted octanol–water partition coefficient (Wildman–Crippen LogP) is 2.58. The fourth-order valence-electron chi connectivity index (χ4n) is 1.46. The lowest BCUT2D eigenvalue weighted by Gasteiger charge is -2.07. The normalized spacial score (nSPS) is 10.4. The van der Waals surface area contributed by atoms with E-state index in [0.717, 1.165) is 0 Å². The average molecular weight is 264 g/mol. The maximum absolute atomic E-state index is 13.6. The van der Waals surface area contributed by atoms with Gasteiger partial charge in [-0.05, 0) is 12.1 Å². The Morgan fingerprint density at radius 1 is 1.39 bits per heavy atom. The largest absolute Gasteiger partial charge is 0.348 e. The third-order valence-electron chi connectivity index (χ3n) is 2.49. The highest BCUT2D eigenvalue weighted by Crippen LogP contribution is 2.26. The van der Waals surface area contributed by atoms with Gasteiger partial charge in [-0.15, -0.1) is 11.3 Å². The molecule has 94 valence electrons. The summed E-state index contributed by atoms with van der Waals surface area (Å²) in [5, 5.41) is 2.40. The van der Waals surface area contributed by atoms with Crippen LogP contribution >= 0.6 is 11.3 Å². The van der Waals surface area contributed by atoms with Gasteiger partial charge in [0.1, 0.15) is 10.8 Å². The molecule has 0 aliphatic heterocycles. The highest BCUT2D eigenvalue weighted by molar-refractivity contribution is 7.13. The Kier molecular flexibility index (Phi) is 3.72. The second kappa shape index (κ2) is 5.27. The van der Waals surface area contributed by atoms with E-state index in [2.05, 4.69) is 4.98 Å². The topological polar surface area (TPSA) is 33.2 Å². The molecule has 0 saturated heterocycles. The third kappa shape index (κ3) is 2.73. The lowest BCUT2D eigenvalue weighted by atomic mass is 10.2. The van der Waals surface area contributed by atoms with Crippen LogP contribution in [0.15, 0.2) is 29.6 Å². The lowest BCUT2D eigenvalue weighted by molar-refractivity contribution is -0.128. The molecule has 0 radical (unpaired) electrons. The third-order valence-corrected chi connectivity index (χ3v) is 3.41. The molecule has 0 atom stereocenters. The van der Waals surface area contributed by atoms with Crippen molar-refractivity contribution in [2.24, 2.45) is 0 Å². The number of halogens is 1. The minimum Gasteiger partial charge on any atom is -0.348 e. The van der Waals surface area contributed by atoms with Gasteiger partial charge >= 0.3 is 0 Å². The summed E-state index contributed by atoms with van der Waals surface area (Å²) in [7, 11) is 3.40. The van der Waals surface area contributed by atoms with Gasteiger partial charge in [0.15, 0.2) is 0 Å². The Morgan fingerprint density at radius 3 is 2.78 bits per heavy atom. The Morgan fingerprint density at radius 2 is 2.11 bits per heavy atom. The first-order chi connectivity index (χ1) is 8.58. The van der Waals surface area contributed by atoms with Crippen molar-refractivity contribution in [2.75, 3.05) is 14.1 Å². The number of benzene rings is 1. The zero-order valence-corrected chi connectivity index (χ0v) is 11.0. The number of aromatic nitrogens is 1. The van der Waals surface area contributed by atoms with Gasteiger partial charge in [0, 0.05) is 25.0 Å². The molecule has 2 rings (SSSR count). The summed E-state index contributed by atoms with van der Waals surface area (Å²) in [5.41, 5.74) is 1.16. The summed E-state index contributed by atoms with van der Waals surface area (Å²) < 4.78 is 13.6. The average Bonchev–Trinajstić information content (AvgIpc) is 2.77. The van der Waals surface area contributed by atoms with E-state index in [1.165, 1.54) is 22.3 Å². The van der Waals surface area contributed by atoms with Crippen molar-refractivity contribution in [3.63, 3.8) is 0 Å². The number of hydrogen-bond acceptors (Lipinski definition) is 3. The monoisotopic (exact) mass is 264 g/mol. The zero-order valence-electron chi connectivity index (χ0n) is 10.2. The van der Waals surface area contributed by atoms with Crippen LogP contribution in [0.2, 0.25) is 0 Å². The van der Waals surface area contributed by atoms with Gasteiger partial charge in [-0.1, -0.05) is 12.1 Å². The summed E-state index contributed by atoms with van der Waals surface area (Å²) >= 11 is 1.35. The van der Waals surface area contributed by atoms with Crippen molar-refractivity contribution >= 4 is 17.2 Å². The minimum absolute atomic E-state index is 0.0135. The van der Waals surface area contributed by atoms with Crippen molar-refractivity contribution in [1.29, 1.82) is 0 Å². The number of nitrogens with zero attached hydrogens (tertiary/aromatic N) is 2. The van der Waals surface area contributed by atoms with Crippen LogP contribution in [-0.4, -0.2) is 29.9 Å². The van der Waals surface area contributed by atoms with Crippen LogP contribution in [0.4, 0.5) is 4.39 Å². The smallest absolute Gasteiger partial charge is 0.228 e. The minimum atomic E-state index is -0.294. The molecule has 0 N–H and O–H groups in total. The number of hydrogen-bond donors (Lipinski definition) is 0. The zero-order chi connectivity index (χ0) is 13.1. The highest BCUT2D eigenvalue weighted by atomic mass is 32.1. The molecule has 1 heterocycles. The molecule has 0 spiro atoms. The molecule has 0 saturated carbocycles. The molecular weight excluding hydrogens is 251 g/mol. The highest BCUT2D eigenvalue weighted by Gasteiger charge is 2.12. The van der Waals surface area contributed by atoms with Crippen LogP contribution in [0.25, 0.3) is 10.6 Å². The first-order valence-corrected chi connectivity index (χ1v) is 6.35. The Balaban J connectivity index is 2.21. The number of likely N-dealkylation sites (N-methyl/N-ethyl adjacent to an activating group) is 1. The van der Waals surface area contributed by atoms with Gasteiger partial charge in [-0.25, -0.2) is 9.37 Å². The van der Waals surface area contributed by atoms with Crippen LogP contribution in [0.3, 0.4) is 0 Å². The van der Waals surface area contributed by atoms with E-state index in [-0.39, 0.29) is 18.1 Å². The molecule has 1 aromatic heterocycles. The van der Waals surface area contributed by atoms with Crippen LogP contribution in [-0.2, 0) is 11.2 Å². The second-order valence-electron chi connectivity index (χ2n) is 4.09.